The van der Waals surface area contributed by atoms with E-state index in [0.717, 1.165) is 15.8 Å². The molecule has 22 heavy (non-hydrogen) atoms. The van der Waals surface area contributed by atoms with Crippen molar-refractivity contribution in [3.63, 3.8) is 0 Å². The van der Waals surface area contributed by atoms with Gasteiger partial charge in [-0.25, -0.2) is 4.39 Å². The van der Waals surface area contributed by atoms with Crippen molar-refractivity contribution in [3.05, 3.63) is 60.5 Å². The van der Waals surface area contributed by atoms with Crippen LogP contribution in [0.25, 0.3) is 10.9 Å². The first-order valence-corrected chi connectivity index (χ1v) is 7.59. The summed E-state index contributed by atoms with van der Waals surface area (Å²) in [6, 6.07) is 13.3. The van der Waals surface area contributed by atoms with Crippen molar-refractivity contribution in [2.45, 2.75) is 4.90 Å². The smallest absolute Gasteiger partial charge is 0.234 e. The molecule has 1 amide bonds. The van der Waals surface area contributed by atoms with E-state index in [2.05, 4.69) is 15.5 Å². The van der Waals surface area contributed by atoms with Crippen molar-refractivity contribution in [3.8, 4) is 0 Å². The van der Waals surface area contributed by atoms with Crippen LogP contribution in [-0.2, 0) is 4.79 Å². The third-order valence-corrected chi connectivity index (χ3v) is 4.04. The largest absolute Gasteiger partial charge is 0.325 e. The topological polar surface area (TPSA) is 54.9 Å². The Balaban J connectivity index is 1.66. The molecule has 0 radical (unpaired) electrons. The van der Waals surface area contributed by atoms with Crippen LogP contribution < -0.4 is 5.32 Å². The van der Waals surface area contributed by atoms with Gasteiger partial charge in [0.15, 0.2) is 0 Å². The highest BCUT2D eigenvalue weighted by atomic mass is 32.2. The molecule has 0 spiro atoms. The Morgan fingerprint density at radius 2 is 1.91 bits per heavy atom. The first-order valence-electron chi connectivity index (χ1n) is 6.61. The number of carbonyl (C=O) groups excluding carboxylic acids is 1. The summed E-state index contributed by atoms with van der Waals surface area (Å²) < 4.78 is 12.8. The van der Waals surface area contributed by atoms with E-state index in [9.17, 15) is 9.18 Å². The number of carbonyl (C=O) groups is 1. The second-order valence-electron chi connectivity index (χ2n) is 4.57. The van der Waals surface area contributed by atoms with Crippen LogP contribution in [0.1, 0.15) is 0 Å². The van der Waals surface area contributed by atoms with E-state index in [1.165, 1.54) is 36.0 Å². The molecule has 4 nitrogen and oxygen atoms in total. The van der Waals surface area contributed by atoms with Gasteiger partial charge >= 0.3 is 0 Å². The van der Waals surface area contributed by atoms with Crippen molar-refractivity contribution < 1.29 is 9.18 Å². The van der Waals surface area contributed by atoms with Gasteiger partial charge in [-0.05, 0) is 30.3 Å². The van der Waals surface area contributed by atoms with E-state index in [1.807, 2.05) is 24.3 Å². The zero-order chi connectivity index (χ0) is 15.4. The average Bonchev–Trinajstić information content (AvgIpc) is 2.55. The number of hydrogen-bond donors (Lipinski definition) is 1. The van der Waals surface area contributed by atoms with Crippen molar-refractivity contribution >= 4 is 34.3 Å². The van der Waals surface area contributed by atoms with Gasteiger partial charge < -0.3 is 5.32 Å². The molecule has 0 bridgehead atoms. The molecule has 0 unspecified atom stereocenters. The molecule has 0 saturated carbocycles. The first kappa shape index (κ1) is 14.5. The number of amides is 1. The molecular weight excluding hydrogens is 301 g/mol. The van der Waals surface area contributed by atoms with Gasteiger partial charge in [-0.3, -0.25) is 4.79 Å². The molecular formula is C16H12FN3OS. The summed E-state index contributed by atoms with van der Waals surface area (Å²) in [6.45, 7) is 0. The van der Waals surface area contributed by atoms with Crippen LogP contribution in [0.2, 0.25) is 0 Å². The van der Waals surface area contributed by atoms with Crippen LogP contribution in [0.5, 0.6) is 0 Å². The first-order chi connectivity index (χ1) is 10.7. The molecule has 1 aromatic heterocycles. The number of fused-ring (bicyclic) bond motifs is 1. The Kier molecular flexibility index (Phi) is 4.29. The van der Waals surface area contributed by atoms with E-state index in [1.54, 1.807) is 6.20 Å². The summed E-state index contributed by atoms with van der Waals surface area (Å²) in [5.41, 5.74) is 1.37. The Hall–Kier alpha value is -2.47. The van der Waals surface area contributed by atoms with Gasteiger partial charge in [-0.2, -0.15) is 10.2 Å². The number of hydrogen-bond acceptors (Lipinski definition) is 4. The zero-order valence-electron chi connectivity index (χ0n) is 11.5. The Morgan fingerprint density at radius 3 is 2.73 bits per heavy atom. The maximum absolute atomic E-state index is 12.8. The summed E-state index contributed by atoms with van der Waals surface area (Å²) in [6.07, 6.45) is 1.65. The second-order valence-corrected chi connectivity index (χ2v) is 5.59. The second kappa shape index (κ2) is 6.53. The number of nitrogens with zero attached hydrogens (tertiary/aromatic N) is 2. The van der Waals surface area contributed by atoms with Gasteiger partial charge in [0.05, 0.1) is 17.5 Å². The lowest BCUT2D eigenvalue weighted by molar-refractivity contribution is -0.113. The molecule has 3 aromatic rings. The van der Waals surface area contributed by atoms with Gasteiger partial charge in [0.25, 0.3) is 0 Å². The molecule has 110 valence electrons. The lowest BCUT2D eigenvalue weighted by Gasteiger charge is -2.06. The van der Waals surface area contributed by atoms with Gasteiger partial charge in [-0.1, -0.05) is 18.2 Å². The highest BCUT2D eigenvalue weighted by Gasteiger charge is 2.07. The summed E-state index contributed by atoms with van der Waals surface area (Å²) >= 11 is 1.39. The van der Waals surface area contributed by atoms with Gasteiger partial charge in [-0.15, -0.1) is 11.8 Å². The lowest BCUT2D eigenvalue weighted by Crippen LogP contribution is -2.13. The van der Waals surface area contributed by atoms with E-state index >= 15 is 0 Å². The number of benzene rings is 2. The predicted octanol–water partition coefficient (Wildman–Crippen LogP) is 3.50. The SMILES string of the molecule is O=C(CSc1cnnc2ccccc12)Nc1ccc(F)cc1. The number of thioether (sulfide) groups is 1. The summed E-state index contributed by atoms with van der Waals surface area (Å²) in [5.74, 6) is -0.244. The maximum atomic E-state index is 12.8. The molecule has 3 rings (SSSR count). The molecule has 0 aliphatic carbocycles. The monoisotopic (exact) mass is 313 g/mol. The molecule has 1 N–H and O–H groups in total. The predicted molar refractivity (Wildman–Crippen MR) is 85.3 cm³/mol. The van der Waals surface area contributed by atoms with Crippen molar-refractivity contribution in [1.82, 2.24) is 10.2 Å². The number of aromatic nitrogens is 2. The summed E-state index contributed by atoms with van der Waals surface area (Å²) in [5, 5.41) is 11.7. The summed E-state index contributed by atoms with van der Waals surface area (Å²) in [7, 11) is 0. The fourth-order valence-corrected chi connectivity index (χ4v) is 2.78. The zero-order valence-corrected chi connectivity index (χ0v) is 12.3. The van der Waals surface area contributed by atoms with Gasteiger partial charge in [0.1, 0.15) is 5.82 Å². The van der Waals surface area contributed by atoms with E-state index < -0.39 is 0 Å². The quantitative estimate of drug-likeness (QED) is 0.749. The Bertz CT molecular complexity index is 803. The molecule has 0 aliphatic heterocycles. The van der Waals surface area contributed by atoms with Crippen LogP contribution in [-0.4, -0.2) is 21.9 Å². The number of anilines is 1. The molecule has 0 fully saturated rings. The van der Waals surface area contributed by atoms with Crippen LogP contribution >= 0.6 is 11.8 Å². The minimum Gasteiger partial charge on any atom is -0.325 e. The van der Waals surface area contributed by atoms with Crippen LogP contribution in [0, 0.1) is 5.82 Å². The molecule has 0 aliphatic rings. The molecule has 2 aromatic carbocycles. The van der Waals surface area contributed by atoms with Crippen LogP contribution in [0.4, 0.5) is 10.1 Å². The maximum Gasteiger partial charge on any atom is 0.234 e. The number of rotatable bonds is 4. The average molecular weight is 313 g/mol. The third kappa shape index (κ3) is 3.40. The summed E-state index contributed by atoms with van der Waals surface area (Å²) in [4.78, 5) is 12.8. The Labute approximate surface area is 130 Å². The van der Waals surface area contributed by atoms with Crippen molar-refractivity contribution in [2.75, 3.05) is 11.1 Å². The minimum atomic E-state index is -0.332. The number of halogens is 1. The molecule has 0 saturated heterocycles. The van der Waals surface area contributed by atoms with Crippen LogP contribution in [0.15, 0.2) is 59.6 Å². The standard InChI is InChI=1S/C16H12FN3OS/c17-11-5-7-12(8-6-11)19-16(21)10-22-15-9-18-20-14-4-2-1-3-13(14)15/h1-9H,10H2,(H,19,21). The van der Waals surface area contributed by atoms with Gasteiger partial charge in [0, 0.05) is 16.0 Å². The lowest BCUT2D eigenvalue weighted by atomic mass is 10.2. The van der Waals surface area contributed by atoms with E-state index in [0.29, 0.717) is 5.69 Å². The Morgan fingerprint density at radius 1 is 1.14 bits per heavy atom. The minimum absolute atomic E-state index is 0.155. The molecule has 0 atom stereocenters. The molecule has 1 heterocycles. The van der Waals surface area contributed by atoms with Crippen LogP contribution in [0.3, 0.4) is 0 Å². The fourth-order valence-electron chi connectivity index (χ4n) is 1.97. The fraction of sp³-hybridized carbons (Fsp3) is 0.0625. The third-order valence-electron chi connectivity index (χ3n) is 3.00. The van der Waals surface area contributed by atoms with Crippen molar-refractivity contribution in [2.24, 2.45) is 0 Å². The number of nitrogens with one attached hydrogen (secondary N) is 1. The normalized spacial score (nSPS) is 10.6. The van der Waals surface area contributed by atoms with E-state index in [4.69, 9.17) is 0 Å². The highest BCUT2D eigenvalue weighted by molar-refractivity contribution is 8.00. The van der Waals surface area contributed by atoms with Gasteiger partial charge in [0.2, 0.25) is 5.91 Å². The molecule has 6 heteroatoms. The highest BCUT2D eigenvalue weighted by Crippen LogP contribution is 2.25. The van der Waals surface area contributed by atoms with Crippen molar-refractivity contribution in [1.29, 1.82) is 0 Å². The van der Waals surface area contributed by atoms with E-state index in [-0.39, 0.29) is 17.5 Å².